The zero-order chi connectivity index (χ0) is 20.9. The Balaban J connectivity index is 1.76. The Labute approximate surface area is 166 Å². The number of primary sulfonamides is 1. The van der Waals surface area contributed by atoms with E-state index in [9.17, 15) is 18.0 Å². The number of nitrogens with one attached hydrogen (secondary N) is 1. The van der Waals surface area contributed by atoms with E-state index in [1.54, 1.807) is 36.0 Å². The van der Waals surface area contributed by atoms with Crippen molar-refractivity contribution >= 4 is 22.0 Å². The van der Waals surface area contributed by atoms with Crippen molar-refractivity contribution in [1.82, 2.24) is 20.0 Å². The first-order chi connectivity index (χ1) is 13.1. The van der Waals surface area contributed by atoms with Crippen LogP contribution in [0, 0.1) is 0 Å². The minimum Gasteiger partial charge on any atom is -0.354 e. The summed E-state index contributed by atoms with van der Waals surface area (Å²) in [6.45, 7) is 4.83. The van der Waals surface area contributed by atoms with Gasteiger partial charge in [0, 0.05) is 46.8 Å². The highest BCUT2D eigenvalue weighted by atomic mass is 32.2. The van der Waals surface area contributed by atoms with Crippen LogP contribution in [0.5, 0.6) is 0 Å². The van der Waals surface area contributed by atoms with E-state index in [0.29, 0.717) is 39.1 Å². The van der Waals surface area contributed by atoms with Crippen molar-refractivity contribution in [2.24, 2.45) is 5.14 Å². The summed E-state index contributed by atoms with van der Waals surface area (Å²) in [5, 5.41) is 7.99. The van der Waals surface area contributed by atoms with E-state index < -0.39 is 10.0 Å². The van der Waals surface area contributed by atoms with E-state index >= 15 is 0 Å². The number of nitrogens with zero attached hydrogens (tertiary/aromatic N) is 3. The maximum atomic E-state index is 12.4. The summed E-state index contributed by atoms with van der Waals surface area (Å²) in [4.78, 5) is 29.9. The molecular formula is C18H29N5O4S. The SMILES string of the molecule is CC(C(=O)NCCc1ccc(S(N)(=O)=O)cc1)N1CCN(C(=O)N(C)C)CC1. The Morgan fingerprint density at radius 1 is 1.14 bits per heavy atom. The number of hydrogen-bond donors (Lipinski definition) is 2. The Kier molecular flexibility index (Phi) is 7.39. The predicted octanol–water partition coefficient (Wildman–Crippen LogP) is -0.320. The number of nitrogens with two attached hydrogens (primary N) is 1. The van der Waals surface area contributed by atoms with Crippen molar-refractivity contribution in [2.75, 3.05) is 46.8 Å². The Morgan fingerprint density at radius 2 is 1.71 bits per heavy atom. The molecule has 0 aromatic heterocycles. The number of hydrogen-bond acceptors (Lipinski definition) is 5. The van der Waals surface area contributed by atoms with Crippen LogP contribution in [0.25, 0.3) is 0 Å². The highest BCUT2D eigenvalue weighted by Gasteiger charge is 2.27. The molecule has 0 aliphatic carbocycles. The zero-order valence-corrected chi connectivity index (χ0v) is 17.4. The lowest BCUT2D eigenvalue weighted by atomic mass is 10.1. The van der Waals surface area contributed by atoms with E-state index in [4.69, 9.17) is 5.14 Å². The van der Waals surface area contributed by atoms with Crippen LogP contribution in [0.3, 0.4) is 0 Å². The van der Waals surface area contributed by atoms with Gasteiger partial charge in [-0.15, -0.1) is 0 Å². The number of sulfonamides is 1. The summed E-state index contributed by atoms with van der Waals surface area (Å²) in [6, 6.07) is 6.02. The van der Waals surface area contributed by atoms with Crippen LogP contribution in [0.2, 0.25) is 0 Å². The molecule has 1 saturated heterocycles. The fourth-order valence-corrected chi connectivity index (χ4v) is 3.59. The molecule has 3 N–H and O–H groups in total. The summed E-state index contributed by atoms with van der Waals surface area (Å²) in [5.74, 6) is -0.0615. The number of carbonyl (C=O) groups excluding carboxylic acids is 2. The molecule has 0 bridgehead atoms. The molecule has 156 valence electrons. The highest BCUT2D eigenvalue weighted by molar-refractivity contribution is 7.89. The second-order valence-electron chi connectivity index (χ2n) is 7.11. The molecule has 1 aromatic carbocycles. The smallest absolute Gasteiger partial charge is 0.319 e. The molecule has 0 spiro atoms. The molecule has 28 heavy (non-hydrogen) atoms. The van der Waals surface area contributed by atoms with Gasteiger partial charge in [0.05, 0.1) is 10.9 Å². The largest absolute Gasteiger partial charge is 0.354 e. The molecule has 3 amide bonds. The predicted molar refractivity (Wildman–Crippen MR) is 106 cm³/mol. The highest BCUT2D eigenvalue weighted by Crippen LogP contribution is 2.10. The summed E-state index contributed by atoms with van der Waals surface area (Å²) < 4.78 is 22.5. The normalized spacial score (nSPS) is 16.5. The Hall–Kier alpha value is -2.17. The minimum absolute atomic E-state index is 0.00907. The third-order valence-corrected chi connectivity index (χ3v) is 5.79. The van der Waals surface area contributed by atoms with Gasteiger partial charge in [-0.3, -0.25) is 9.69 Å². The first-order valence-electron chi connectivity index (χ1n) is 9.19. The number of piperazine rings is 1. The van der Waals surface area contributed by atoms with Gasteiger partial charge < -0.3 is 15.1 Å². The van der Waals surface area contributed by atoms with Crippen LogP contribution in [-0.4, -0.2) is 87.9 Å². The van der Waals surface area contributed by atoms with Crippen molar-refractivity contribution < 1.29 is 18.0 Å². The van der Waals surface area contributed by atoms with Gasteiger partial charge in [0.15, 0.2) is 0 Å². The molecule has 1 aromatic rings. The lowest BCUT2D eigenvalue weighted by molar-refractivity contribution is -0.126. The number of urea groups is 1. The van der Waals surface area contributed by atoms with E-state index in [1.165, 1.54) is 12.1 Å². The van der Waals surface area contributed by atoms with E-state index in [2.05, 4.69) is 10.2 Å². The summed E-state index contributed by atoms with van der Waals surface area (Å²) in [7, 11) is -0.235. The summed E-state index contributed by atoms with van der Waals surface area (Å²) >= 11 is 0. The minimum atomic E-state index is -3.69. The molecule has 1 aliphatic heterocycles. The van der Waals surface area contributed by atoms with Crippen molar-refractivity contribution in [3.8, 4) is 0 Å². The summed E-state index contributed by atoms with van der Waals surface area (Å²) in [5.41, 5.74) is 0.913. The molecule has 2 rings (SSSR count). The fourth-order valence-electron chi connectivity index (χ4n) is 3.07. The molecule has 1 aliphatic rings. The maximum Gasteiger partial charge on any atom is 0.319 e. The average molecular weight is 412 g/mol. The lowest BCUT2D eigenvalue weighted by Gasteiger charge is -2.38. The van der Waals surface area contributed by atoms with Crippen molar-refractivity contribution in [3.63, 3.8) is 0 Å². The average Bonchev–Trinajstić information content (AvgIpc) is 2.66. The van der Waals surface area contributed by atoms with Gasteiger partial charge in [0.25, 0.3) is 0 Å². The first-order valence-corrected chi connectivity index (χ1v) is 10.7. The third kappa shape index (κ3) is 5.91. The van der Waals surface area contributed by atoms with Gasteiger partial charge in [0.2, 0.25) is 15.9 Å². The van der Waals surface area contributed by atoms with Crippen LogP contribution in [-0.2, 0) is 21.2 Å². The van der Waals surface area contributed by atoms with Crippen LogP contribution >= 0.6 is 0 Å². The van der Waals surface area contributed by atoms with E-state index in [-0.39, 0.29) is 22.9 Å². The van der Waals surface area contributed by atoms with Crippen LogP contribution in [0.1, 0.15) is 12.5 Å². The Bertz CT molecular complexity index is 787. The molecule has 1 fully saturated rings. The van der Waals surface area contributed by atoms with Gasteiger partial charge in [-0.1, -0.05) is 12.1 Å². The van der Waals surface area contributed by atoms with Gasteiger partial charge >= 0.3 is 6.03 Å². The van der Waals surface area contributed by atoms with E-state index in [0.717, 1.165) is 5.56 Å². The van der Waals surface area contributed by atoms with Crippen molar-refractivity contribution in [1.29, 1.82) is 0 Å². The molecular weight excluding hydrogens is 382 g/mol. The zero-order valence-electron chi connectivity index (χ0n) is 16.6. The van der Waals surface area contributed by atoms with Gasteiger partial charge in [0.1, 0.15) is 0 Å². The molecule has 0 saturated carbocycles. The van der Waals surface area contributed by atoms with Crippen molar-refractivity contribution in [2.45, 2.75) is 24.3 Å². The second kappa shape index (κ2) is 9.35. The van der Waals surface area contributed by atoms with Gasteiger partial charge in [-0.05, 0) is 31.0 Å². The lowest BCUT2D eigenvalue weighted by Crippen LogP contribution is -2.56. The van der Waals surface area contributed by atoms with Crippen LogP contribution in [0.15, 0.2) is 29.2 Å². The molecule has 10 heteroatoms. The molecule has 1 atom stereocenters. The topological polar surface area (TPSA) is 116 Å². The van der Waals surface area contributed by atoms with E-state index in [1.807, 2.05) is 6.92 Å². The second-order valence-corrected chi connectivity index (χ2v) is 8.67. The van der Waals surface area contributed by atoms with Crippen LogP contribution < -0.4 is 10.5 Å². The van der Waals surface area contributed by atoms with Gasteiger partial charge in [-0.25, -0.2) is 18.4 Å². The number of amides is 3. The molecule has 1 unspecified atom stereocenters. The maximum absolute atomic E-state index is 12.4. The molecule has 1 heterocycles. The molecule has 0 radical (unpaired) electrons. The monoisotopic (exact) mass is 411 g/mol. The van der Waals surface area contributed by atoms with Crippen molar-refractivity contribution in [3.05, 3.63) is 29.8 Å². The first kappa shape index (κ1) is 22.1. The Morgan fingerprint density at radius 3 is 2.21 bits per heavy atom. The van der Waals surface area contributed by atoms with Gasteiger partial charge in [-0.2, -0.15) is 0 Å². The standard InChI is InChI=1S/C18H29N5O4S/c1-14(22-10-12-23(13-11-22)18(25)21(2)3)17(24)20-9-8-15-4-6-16(7-5-15)28(19,26)27/h4-7,14H,8-13H2,1-3H3,(H,20,24)(H2,19,26,27). The quantitative estimate of drug-likeness (QED) is 0.666. The number of rotatable bonds is 6. The van der Waals surface area contributed by atoms with Crippen LogP contribution in [0.4, 0.5) is 4.79 Å². The third-order valence-electron chi connectivity index (χ3n) is 4.86. The molecule has 9 nitrogen and oxygen atoms in total. The number of carbonyl (C=O) groups is 2. The summed E-state index contributed by atoms with van der Waals surface area (Å²) in [6.07, 6.45) is 0.592. The fraction of sp³-hybridized carbons (Fsp3) is 0.556. The number of benzene rings is 1.